The van der Waals surface area contributed by atoms with Crippen LogP contribution in [-0.2, 0) is 14.8 Å². The summed E-state index contributed by atoms with van der Waals surface area (Å²) in [6, 6.07) is 7.52. The van der Waals surface area contributed by atoms with Gasteiger partial charge in [-0.2, -0.15) is 0 Å². The van der Waals surface area contributed by atoms with Crippen molar-refractivity contribution in [2.45, 2.75) is 52.5 Å². The lowest BCUT2D eigenvalue weighted by molar-refractivity contribution is 0.111. The Kier molecular flexibility index (Phi) is 8.38. The molecule has 0 heterocycles. The van der Waals surface area contributed by atoms with Gasteiger partial charge in [0.2, 0.25) is 10.0 Å². The third-order valence-corrected chi connectivity index (χ3v) is 5.80. The average Bonchev–Trinajstić information content (AvgIpc) is 3.42. The lowest BCUT2D eigenvalue weighted by atomic mass is 10.1. The van der Waals surface area contributed by atoms with E-state index in [1.807, 2.05) is 31.2 Å². The van der Waals surface area contributed by atoms with Gasteiger partial charge in [0.05, 0.1) is 12.4 Å². The van der Waals surface area contributed by atoms with Crippen LogP contribution in [0, 0.1) is 11.8 Å². The molecule has 148 valence electrons. The maximum atomic E-state index is 12.4. The molecule has 0 radical (unpaired) electrons. The van der Waals surface area contributed by atoms with Crippen LogP contribution >= 0.6 is 0 Å². The minimum atomic E-state index is -3.34. The Morgan fingerprint density at radius 2 is 2.04 bits per heavy atom. The number of hydrogen-bond acceptors (Lipinski definition) is 4. The zero-order chi connectivity index (χ0) is 19.0. The Hall–Kier alpha value is -1.11. The van der Waals surface area contributed by atoms with Gasteiger partial charge in [-0.1, -0.05) is 32.9 Å². The van der Waals surface area contributed by atoms with Gasteiger partial charge in [-0.05, 0) is 55.2 Å². The summed E-state index contributed by atoms with van der Waals surface area (Å²) in [7, 11) is -3.34. The van der Waals surface area contributed by atoms with Crippen LogP contribution < -0.4 is 9.46 Å². The highest BCUT2D eigenvalue weighted by Crippen LogP contribution is 2.30. The molecule has 0 aromatic heterocycles. The zero-order valence-electron chi connectivity index (χ0n) is 16.2. The maximum absolute atomic E-state index is 12.4. The molecule has 6 heteroatoms. The molecular formula is C20H33NO4S. The molecular weight excluding hydrogens is 350 g/mol. The Morgan fingerprint density at radius 1 is 1.27 bits per heavy atom. The fraction of sp³-hybridized carbons (Fsp3) is 0.700. The van der Waals surface area contributed by atoms with Crippen molar-refractivity contribution in [3.63, 3.8) is 0 Å². The first-order valence-electron chi connectivity index (χ1n) is 9.70. The van der Waals surface area contributed by atoms with E-state index in [2.05, 4.69) is 18.6 Å². The molecule has 1 N–H and O–H groups in total. The zero-order valence-corrected chi connectivity index (χ0v) is 17.1. The molecule has 0 bridgehead atoms. The normalized spacial score (nSPS) is 16.0. The Bertz CT molecular complexity index is 641. The van der Waals surface area contributed by atoms with Crippen molar-refractivity contribution in [1.82, 2.24) is 4.72 Å². The third kappa shape index (κ3) is 8.06. The second-order valence-electron chi connectivity index (χ2n) is 7.55. The van der Waals surface area contributed by atoms with Crippen LogP contribution in [0.15, 0.2) is 24.3 Å². The van der Waals surface area contributed by atoms with E-state index in [-0.39, 0.29) is 11.8 Å². The molecule has 0 spiro atoms. The lowest BCUT2D eigenvalue weighted by Crippen LogP contribution is -2.31. The predicted octanol–water partition coefficient (Wildman–Crippen LogP) is 3.91. The van der Waals surface area contributed by atoms with Crippen LogP contribution in [0.3, 0.4) is 0 Å². The first-order chi connectivity index (χ1) is 12.4. The summed E-state index contributed by atoms with van der Waals surface area (Å²) in [6.45, 7) is 8.03. The molecule has 1 aromatic rings. The number of rotatable bonds is 13. The molecule has 1 aliphatic rings. The van der Waals surface area contributed by atoms with Gasteiger partial charge < -0.3 is 9.47 Å². The van der Waals surface area contributed by atoms with Crippen molar-refractivity contribution in [1.29, 1.82) is 0 Å². The smallest absolute Gasteiger partial charge is 0.212 e. The summed E-state index contributed by atoms with van der Waals surface area (Å²) in [5, 5.41) is 0. The van der Waals surface area contributed by atoms with Gasteiger partial charge in [0.25, 0.3) is 0 Å². The molecule has 1 atom stereocenters. The van der Waals surface area contributed by atoms with Crippen LogP contribution in [0.1, 0.15) is 58.1 Å². The molecule has 5 nitrogen and oxygen atoms in total. The SMILES string of the molecule is CC[C@@H](NS(=O)(=O)CCCOCC(C)C)c1cccc(OCC2CC2)c1. The molecule has 1 saturated carbocycles. The average molecular weight is 384 g/mol. The van der Waals surface area contributed by atoms with Crippen molar-refractivity contribution in [2.75, 3.05) is 25.6 Å². The van der Waals surface area contributed by atoms with E-state index in [0.717, 1.165) is 17.9 Å². The van der Waals surface area contributed by atoms with Gasteiger partial charge in [-0.3, -0.25) is 0 Å². The predicted molar refractivity (Wildman–Crippen MR) is 105 cm³/mol. The number of hydrogen-bond donors (Lipinski definition) is 1. The topological polar surface area (TPSA) is 64.6 Å². The molecule has 0 unspecified atom stereocenters. The minimum absolute atomic E-state index is 0.0828. The van der Waals surface area contributed by atoms with Crippen LogP contribution in [0.5, 0.6) is 5.75 Å². The Morgan fingerprint density at radius 3 is 2.69 bits per heavy atom. The largest absolute Gasteiger partial charge is 0.493 e. The highest BCUT2D eigenvalue weighted by Gasteiger charge is 2.22. The van der Waals surface area contributed by atoms with E-state index >= 15 is 0 Å². The fourth-order valence-electron chi connectivity index (χ4n) is 2.65. The highest BCUT2D eigenvalue weighted by molar-refractivity contribution is 7.89. The monoisotopic (exact) mass is 383 g/mol. The van der Waals surface area contributed by atoms with E-state index in [1.54, 1.807) is 0 Å². The molecule has 2 rings (SSSR count). The van der Waals surface area contributed by atoms with Gasteiger partial charge in [0.15, 0.2) is 0 Å². The summed E-state index contributed by atoms with van der Waals surface area (Å²) >= 11 is 0. The van der Waals surface area contributed by atoms with Gasteiger partial charge in [-0.25, -0.2) is 13.1 Å². The van der Waals surface area contributed by atoms with E-state index < -0.39 is 10.0 Å². The van der Waals surface area contributed by atoms with Crippen LogP contribution in [0.25, 0.3) is 0 Å². The van der Waals surface area contributed by atoms with Crippen LogP contribution in [0.2, 0.25) is 0 Å². The Balaban J connectivity index is 1.85. The van der Waals surface area contributed by atoms with Gasteiger partial charge >= 0.3 is 0 Å². The number of sulfonamides is 1. The summed E-state index contributed by atoms with van der Waals surface area (Å²) < 4.78 is 38.9. The van der Waals surface area contributed by atoms with E-state index in [0.29, 0.717) is 37.9 Å². The molecule has 1 aliphatic carbocycles. The van der Waals surface area contributed by atoms with E-state index in [9.17, 15) is 8.42 Å². The molecule has 26 heavy (non-hydrogen) atoms. The molecule has 0 saturated heterocycles. The quantitative estimate of drug-likeness (QED) is 0.525. The van der Waals surface area contributed by atoms with Crippen molar-refractivity contribution >= 4 is 10.0 Å². The number of benzene rings is 1. The molecule has 1 aromatic carbocycles. The van der Waals surface area contributed by atoms with Crippen molar-refractivity contribution in [3.8, 4) is 5.75 Å². The minimum Gasteiger partial charge on any atom is -0.493 e. The fourth-order valence-corrected chi connectivity index (χ4v) is 4.00. The summed E-state index contributed by atoms with van der Waals surface area (Å²) in [6.07, 6.45) is 3.69. The van der Waals surface area contributed by atoms with Crippen LogP contribution in [-0.4, -0.2) is 34.0 Å². The summed E-state index contributed by atoms with van der Waals surface area (Å²) in [5.74, 6) is 2.05. The summed E-state index contributed by atoms with van der Waals surface area (Å²) in [4.78, 5) is 0. The van der Waals surface area contributed by atoms with E-state index in [1.165, 1.54) is 12.8 Å². The van der Waals surface area contributed by atoms with Gasteiger partial charge in [0, 0.05) is 19.3 Å². The first-order valence-corrected chi connectivity index (χ1v) is 11.4. The number of nitrogens with one attached hydrogen (secondary N) is 1. The van der Waals surface area contributed by atoms with Crippen LogP contribution in [0.4, 0.5) is 0 Å². The van der Waals surface area contributed by atoms with Crippen molar-refractivity contribution < 1.29 is 17.9 Å². The molecule has 0 amide bonds. The molecule has 1 fully saturated rings. The lowest BCUT2D eigenvalue weighted by Gasteiger charge is -2.18. The first kappa shape index (κ1) is 21.2. The molecule has 0 aliphatic heterocycles. The van der Waals surface area contributed by atoms with Crippen molar-refractivity contribution in [2.24, 2.45) is 11.8 Å². The second kappa shape index (κ2) is 10.3. The van der Waals surface area contributed by atoms with Gasteiger partial charge in [-0.15, -0.1) is 0 Å². The van der Waals surface area contributed by atoms with Gasteiger partial charge in [0.1, 0.15) is 5.75 Å². The maximum Gasteiger partial charge on any atom is 0.212 e. The third-order valence-electron chi connectivity index (χ3n) is 4.33. The standard InChI is InChI=1S/C20H33NO4S/c1-4-20(21-26(22,23)12-6-11-24-14-16(2)3)18-7-5-8-19(13-18)25-15-17-9-10-17/h5,7-8,13,16-17,20-21H,4,6,9-12,14-15H2,1-3H3/t20-/m1/s1. The van der Waals surface area contributed by atoms with E-state index in [4.69, 9.17) is 9.47 Å². The second-order valence-corrected chi connectivity index (χ2v) is 9.42. The highest BCUT2D eigenvalue weighted by atomic mass is 32.2. The summed E-state index contributed by atoms with van der Waals surface area (Å²) in [5.41, 5.74) is 0.945. The van der Waals surface area contributed by atoms with Crippen molar-refractivity contribution in [3.05, 3.63) is 29.8 Å². The number of ether oxygens (including phenoxy) is 2. The Labute approximate surface area is 158 Å².